The molecule has 0 saturated carbocycles. The number of piperidine rings is 1. The van der Waals surface area contributed by atoms with E-state index in [0.717, 1.165) is 54.9 Å². The van der Waals surface area contributed by atoms with E-state index in [4.69, 9.17) is 27.9 Å². The van der Waals surface area contributed by atoms with Gasteiger partial charge in [0.1, 0.15) is 23.7 Å². The summed E-state index contributed by atoms with van der Waals surface area (Å²) in [5.74, 6) is 0.557. The van der Waals surface area contributed by atoms with Gasteiger partial charge < -0.3 is 4.74 Å². The van der Waals surface area contributed by atoms with Crippen molar-refractivity contribution in [3.8, 4) is 17.0 Å². The van der Waals surface area contributed by atoms with Gasteiger partial charge in [-0.1, -0.05) is 41.8 Å². The molecule has 31 heavy (non-hydrogen) atoms. The number of rotatable bonds is 3. The van der Waals surface area contributed by atoms with Gasteiger partial charge in [-0.3, -0.25) is 9.89 Å². The van der Waals surface area contributed by atoms with Gasteiger partial charge in [-0.05, 0) is 43.2 Å². The van der Waals surface area contributed by atoms with Crippen molar-refractivity contribution >= 4 is 47.2 Å². The molecule has 0 radical (unpaired) electrons. The number of hydrogen-bond acceptors (Lipinski definition) is 4. The van der Waals surface area contributed by atoms with Crippen molar-refractivity contribution in [1.29, 1.82) is 0 Å². The summed E-state index contributed by atoms with van der Waals surface area (Å²) in [6, 6.07) is 12.9. The number of amides is 1. The number of fused-ring (bicyclic) bond motifs is 3. The van der Waals surface area contributed by atoms with Crippen molar-refractivity contribution < 1.29 is 9.53 Å². The number of H-pyrrole nitrogens is 1. The molecule has 0 aliphatic carbocycles. The summed E-state index contributed by atoms with van der Waals surface area (Å²) in [6.45, 7) is 1.84. The van der Waals surface area contributed by atoms with Crippen LogP contribution in [0, 0.1) is 0 Å². The highest BCUT2D eigenvalue weighted by Crippen LogP contribution is 2.38. The van der Waals surface area contributed by atoms with E-state index >= 15 is 0 Å². The monoisotopic (exact) mass is 478 g/mol. The van der Waals surface area contributed by atoms with Gasteiger partial charge in [-0.2, -0.15) is 5.10 Å². The van der Waals surface area contributed by atoms with Crippen LogP contribution in [0.5, 0.6) is 5.75 Å². The van der Waals surface area contributed by atoms with Crippen LogP contribution in [0.4, 0.5) is 5.69 Å². The van der Waals surface area contributed by atoms with E-state index in [1.165, 1.54) is 0 Å². The fourth-order valence-electron chi connectivity index (χ4n) is 4.07. The van der Waals surface area contributed by atoms with Crippen LogP contribution in [0.2, 0.25) is 10.0 Å². The molecule has 2 aromatic carbocycles. The third kappa shape index (κ3) is 4.01. The maximum absolute atomic E-state index is 13.8. The van der Waals surface area contributed by atoms with Crippen LogP contribution in [-0.2, 0) is 6.61 Å². The predicted molar refractivity (Wildman–Crippen MR) is 124 cm³/mol. The summed E-state index contributed by atoms with van der Waals surface area (Å²) in [5.41, 5.74) is 3.40. The number of para-hydroxylation sites is 1. The number of aromatic nitrogens is 2. The second-order valence-electron chi connectivity index (χ2n) is 7.44. The lowest BCUT2D eigenvalue weighted by Crippen LogP contribution is -2.49. The average molecular weight is 480 g/mol. The minimum atomic E-state index is -0.210. The topological polar surface area (TPSA) is 61.5 Å². The SMILES string of the molecule is Cl.O=C(c1[nH]nc2c1COc1ccccc1-2)N(c1ccc(Cl)cc1Cl)N1CCCCC1. The molecule has 162 valence electrons. The number of anilines is 1. The number of aromatic amines is 1. The zero-order valence-electron chi connectivity index (χ0n) is 16.6. The zero-order chi connectivity index (χ0) is 20.7. The molecule has 0 unspecified atom stereocenters. The Kier molecular flexibility index (Phi) is 6.44. The van der Waals surface area contributed by atoms with Crippen molar-refractivity contribution in [2.75, 3.05) is 18.1 Å². The number of halogens is 3. The van der Waals surface area contributed by atoms with Crippen molar-refractivity contribution in [3.63, 3.8) is 0 Å². The molecule has 2 aliphatic heterocycles. The third-order valence-electron chi connectivity index (χ3n) is 5.54. The van der Waals surface area contributed by atoms with Gasteiger partial charge in [0, 0.05) is 29.2 Å². The maximum Gasteiger partial charge on any atom is 0.291 e. The average Bonchev–Trinajstić information content (AvgIpc) is 3.21. The maximum atomic E-state index is 13.8. The fraction of sp³-hybridized carbons (Fsp3) is 0.273. The van der Waals surface area contributed by atoms with Crippen LogP contribution in [0.1, 0.15) is 35.3 Å². The quantitative estimate of drug-likeness (QED) is 0.520. The Morgan fingerprint density at radius 2 is 1.87 bits per heavy atom. The lowest BCUT2D eigenvalue weighted by Gasteiger charge is -2.37. The molecular weight excluding hydrogens is 459 g/mol. The van der Waals surface area contributed by atoms with Crippen LogP contribution in [-0.4, -0.2) is 34.2 Å². The molecule has 1 amide bonds. The second-order valence-corrected chi connectivity index (χ2v) is 8.28. The van der Waals surface area contributed by atoms with Crippen molar-refractivity contribution in [1.82, 2.24) is 15.2 Å². The molecule has 1 N–H and O–H groups in total. The van der Waals surface area contributed by atoms with Gasteiger partial charge in [0.15, 0.2) is 0 Å². The van der Waals surface area contributed by atoms with Crippen LogP contribution in [0.3, 0.4) is 0 Å². The molecule has 1 aromatic heterocycles. The van der Waals surface area contributed by atoms with Gasteiger partial charge in [-0.15, -0.1) is 12.4 Å². The van der Waals surface area contributed by atoms with Gasteiger partial charge in [0.25, 0.3) is 5.91 Å². The highest BCUT2D eigenvalue weighted by atomic mass is 35.5. The summed E-state index contributed by atoms with van der Waals surface area (Å²) in [6.07, 6.45) is 3.19. The Bertz CT molecular complexity index is 1110. The Morgan fingerprint density at radius 1 is 1.10 bits per heavy atom. The smallest absolute Gasteiger partial charge is 0.291 e. The Labute approximate surface area is 196 Å². The van der Waals surface area contributed by atoms with E-state index in [9.17, 15) is 4.79 Å². The van der Waals surface area contributed by atoms with E-state index in [1.54, 1.807) is 23.2 Å². The first-order chi connectivity index (χ1) is 14.6. The van der Waals surface area contributed by atoms with E-state index in [2.05, 4.69) is 10.2 Å². The molecule has 3 aromatic rings. The second kappa shape index (κ2) is 9.09. The van der Waals surface area contributed by atoms with E-state index < -0.39 is 0 Å². The molecule has 1 fully saturated rings. The van der Waals surface area contributed by atoms with E-state index in [1.807, 2.05) is 29.3 Å². The molecule has 2 aliphatic rings. The zero-order valence-corrected chi connectivity index (χ0v) is 18.9. The first-order valence-electron chi connectivity index (χ1n) is 9.97. The van der Waals surface area contributed by atoms with Gasteiger partial charge in [0.05, 0.1) is 10.7 Å². The third-order valence-corrected chi connectivity index (χ3v) is 6.08. The summed E-state index contributed by atoms with van der Waals surface area (Å²) < 4.78 is 5.88. The normalized spacial score (nSPS) is 15.3. The largest absolute Gasteiger partial charge is 0.488 e. The number of carbonyl (C=O) groups is 1. The van der Waals surface area contributed by atoms with E-state index in [0.29, 0.717) is 21.4 Å². The Balaban J connectivity index is 0.00000231. The highest BCUT2D eigenvalue weighted by molar-refractivity contribution is 6.37. The van der Waals surface area contributed by atoms with Crippen molar-refractivity contribution in [2.24, 2.45) is 0 Å². The van der Waals surface area contributed by atoms with Gasteiger partial charge in [0.2, 0.25) is 0 Å². The molecule has 0 atom stereocenters. The lowest BCUT2D eigenvalue weighted by atomic mass is 10.0. The number of nitrogens with zero attached hydrogens (tertiary/aromatic N) is 3. The van der Waals surface area contributed by atoms with E-state index in [-0.39, 0.29) is 24.9 Å². The number of ether oxygens (including phenoxy) is 1. The minimum Gasteiger partial charge on any atom is -0.488 e. The first-order valence-corrected chi connectivity index (χ1v) is 10.7. The van der Waals surface area contributed by atoms with Crippen LogP contribution in [0.25, 0.3) is 11.3 Å². The first kappa shape index (κ1) is 22.0. The highest BCUT2D eigenvalue weighted by Gasteiger charge is 2.33. The Hall–Kier alpha value is -2.25. The van der Waals surface area contributed by atoms with Gasteiger partial charge in [-0.25, -0.2) is 10.0 Å². The summed E-state index contributed by atoms with van der Waals surface area (Å²) >= 11 is 12.6. The standard InChI is InChI=1S/C22H20Cl2N4O2.ClH/c23-14-8-9-18(17(24)12-14)28(27-10-4-1-5-11-27)22(29)21-16-13-30-19-7-3-2-6-15(19)20(16)25-26-21;/h2-3,6-9,12H,1,4-5,10-11,13H2,(H,25,26);1H. The number of hydrazine groups is 1. The summed E-state index contributed by atoms with van der Waals surface area (Å²) in [5, 5.41) is 12.1. The van der Waals surface area contributed by atoms with Crippen LogP contribution >= 0.6 is 35.6 Å². The van der Waals surface area contributed by atoms with Gasteiger partial charge >= 0.3 is 0 Å². The summed E-state index contributed by atoms with van der Waals surface area (Å²) in [4.78, 5) is 13.8. The number of hydrogen-bond donors (Lipinski definition) is 1. The predicted octanol–water partition coefficient (Wildman–Crippen LogP) is 5.75. The van der Waals surface area contributed by atoms with Crippen molar-refractivity contribution in [3.05, 3.63) is 63.8 Å². The number of benzene rings is 2. The molecular formula is C22H21Cl3N4O2. The molecule has 3 heterocycles. The number of nitrogens with one attached hydrogen (secondary N) is 1. The molecule has 1 saturated heterocycles. The molecule has 0 spiro atoms. The molecule has 0 bridgehead atoms. The fourth-order valence-corrected chi connectivity index (χ4v) is 4.56. The van der Waals surface area contributed by atoms with Crippen LogP contribution < -0.4 is 9.75 Å². The Morgan fingerprint density at radius 3 is 2.65 bits per heavy atom. The lowest BCUT2D eigenvalue weighted by molar-refractivity contribution is 0.0865. The van der Waals surface area contributed by atoms with Crippen molar-refractivity contribution in [2.45, 2.75) is 25.9 Å². The number of carbonyl (C=O) groups excluding carboxylic acids is 1. The molecule has 9 heteroatoms. The summed E-state index contributed by atoms with van der Waals surface area (Å²) in [7, 11) is 0. The van der Waals surface area contributed by atoms with Crippen LogP contribution in [0.15, 0.2) is 42.5 Å². The molecule has 5 rings (SSSR count). The molecule has 6 nitrogen and oxygen atoms in total. The minimum absolute atomic E-state index is 0.